The number of likely N-dealkylation sites (tertiary alicyclic amines) is 1. The molecule has 1 aromatic carbocycles. The van der Waals surface area contributed by atoms with Gasteiger partial charge in [0.05, 0.1) is 18.8 Å². The van der Waals surface area contributed by atoms with E-state index in [1.807, 2.05) is 12.1 Å². The van der Waals surface area contributed by atoms with Crippen LogP contribution in [0.25, 0.3) is 0 Å². The maximum absolute atomic E-state index is 12.3. The van der Waals surface area contributed by atoms with Crippen molar-refractivity contribution >= 4 is 5.78 Å². The van der Waals surface area contributed by atoms with E-state index in [2.05, 4.69) is 24.0 Å². The van der Waals surface area contributed by atoms with Crippen molar-refractivity contribution in [3.63, 3.8) is 0 Å². The van der Waals surface area contributed by atoms with Gasteiger partial charge < -0.3 is 9.47 Å². The third-order valence-corrected chi connectivity index (χ3v) is 4.08. The SMILES string of the molecule is CCCc1ccc(C(=O)CN2CC(OC)C(OC)C2)cc1. The Morgan fingerprint density at radius 3 is 2.19 bits per heavy atom. The number of benzene rings is 1. The zero-order chi connectivity index (χ0) is 15.2. The molecule has 1 aromatic rings. The monoisotopic (exact) mass is 291 g/mol. The summed E-state index contributed by atoms with van der Waals surface area (Å²) in [5, 5.41) is 0. The summed E-state index contributed by atoms with van der Waals surface area (Å²) in [5.41, 5.74) is 2.07. The van der Waals surface area contributed by atoms with Crippen LogP contribution in [0.4, 0.5) is 0 Å². The summed E-state index contributed by atoms with van der Waals surface area (Å²) in [6.45, 7) is 4.07. The van der Waals surface area contributed by atoms with Gasteiger partial charge in [0.25, 0.3) is 0 Å². The van der Waals surface area contributed by atoms with Crippen molar-refractivity contribution in [2.24, 2.45) is 0 Å². The van der Waals surface area contributed by atoms with Gasteiger partial charge in [0.2, 0.25) is 0 Å². The number of ketones is 1. The second kappa shape index (κ2) is 7.69. The lowest BCUT2D eigenvalue weighted by Crippen LogP contribution is -2.29. The van der Waals surface area contributed by atoms with Crippen LogP contribution >= 0.6 is 0 Å². The van der Waals surface area contributed by atoms with Crippen molar-refractivity contribution in [1.29, 1.82) is 0 Å². The van der Waals surface area contributed by atoms with Crippen molar-refractivity contribution in [3.8, 4) is 0 Å². The highest BCUT2D eigenvalue weighted by Crippen LogP contribution is 2.16. The van der Waals surface area contributed by atoms with Crippen molar-refractivity contribution in [2.45, 2.75) is 32.0 Å². The van der Waals surface area contributed by atoms with Crippen LogP contribution in [0.5, 0.6) is 0 Å². The largest absolute Gasteiger partial charge is 0.377 e. The molecule has 0 saturated carbocycles. The average molecular weight is 291 g/mol. The average Bonchev–Trinajstić information content (AvgIpc) is 2.90. The summed E-state index contributed by atoms with van der Waals surface area (Å²) in [6, 6.07) is 7.98. The Bertz CT molecular complexity index is 446. The van der Waals surface area contributed by atoms with Crippen LogP contribution in [0, 0.1) is 0 Å². The van der Waals surface area contributed by atoms with Crippen LogP contribution in [-0.4, -0.2) is 56.7 Å². The van der Waals surface area contributed by atoms with Crippen LogP contribution in [0.1, 0.15) is 29.3 Å². The molecular weight excluding hydrogens is 266 g/mol. The molecule has 2 rings (SSSR count). The van der Waals surface area contributed by atoms with Crippen molar-refractivity contribution in [1.82, 2.24) is 4.90 Å². The number of rotatable bonds is 7. The first-order valence-corrected chi connectivity index (χ1v) is 7.58. The quantitative estimate of drug-likeness (QED) is 0.722. The van der Waals surface area contributed by atoms with E-state index < -0.39 is 0 Å². The van der Waals surface area contributed by atoms with E-state index >= 15 is 0 Å². The normalized spacial score (nSPS) is 22.6. The molecule has 21 heavy (non-hydrogen) atoms. The van der Waals surface area contributed by atoms with Gasteiger partial charge in [-0.2, -0.15) is 0 Å². The molecule has 0 aromatic heterocycles. The van der Waals surface area contributed by atoms with E-state index in [4.69, 9.17) is 9.47 Å². The van der Waals surface area contributed by atoms with Crippen LogP contribution in [-0.2, 0) is 15.9 Å². The van der Waals surface area contributed by atoms with E-state index in [1.54, 1.807) is 14.2 Å². The topological polar surface area (TPSA) is 38.8 Å². The Hall–Kier alpha value is -1.23. The summed E-state index contributed by atoms with van der Waals surface area (Å²) in [4.78, 5) is 14.4. The predicted molar refractivity (Wildman–Crippen MR) is 82.8 cm³/mol. The van der Waals surface area contributed by atoms with Gasteiger partial charge in [0.15, 0.2) is 5.78 Å². The minimum absolute atomic E-state index is 0.0507. The van der Waals surface area contributed by atoms with Gasteiger partial charge in [-0.1, -0.05) is 37.6 Å². The minimum atomic E-state index is 0.0507. The zero-order valence-corrected chi connectivity index (χ0v) is 13.2. The van der Waals surface area contributed by atoms with Gasteiger partial charge in [0, 0.05) is 32.9 Å². The van der Waals surface area contributed by atoms with Crippen LogP contribution in [0.15, 0.2) is 24.3 Å². The van der Waals surface area contributed by atoms with Gasteiger partial charge >= 0.3 is 0 Å². The fourth-order valence-corrected chi connectivity index (χ4v) is 2.84. The Morgan fingerprint density at radius 2 is 1.71 bits per heavy atom. The molecule has 0 N–H and O–H groups in total. The lowest BCUT2D eigenvalue weighted by Gasteiger charge is -2.14. The maximum atomic E-state index is 12.3. The molecule has 1 aliphatic rings. The first-order chi connectivity index (χ1) is 10.2. The van der Waals surface area contributed by atoms with Crippen molar-refractivity contribution in [2.75, 3.05) is 33.9 Å². The molecule has 4 nitrogen and oxygen atoms in total. The summed E-state index contributed by atoms with van der Waals surface area (Å²) >= 11 is 0. The molecule has 0 bridgehead atoms. The van der Waals surface area contributed by atoms with Crippen LogP contribution in [0.2, 0.25) is 0 Å². The van der Waals surface area contributed by atoms with E-state index in [1.165, 1.54) is 5.56 Å². The number of methoxy groups -OCH3 is 2. The third kappa shape index (κ3) is 4.13. The molecule has 1 saturated heterocycles. The Morgan fingerprint density at radius 1 is 1.14 bits per heavy atom. The molecule has 0 aliphatic carbocycles. The standard InChI is InChI=1S/C17H25NO3/c1-4-5-13-6-8-14(9-7-13)15(19)10-18-11-16(20-2)17(12-18)21-3/h6-9,16-17H,4-5,10-12H2,1-3H3. The lowest BCUT2D eigenvalue weighted by atomic mass is 10.1. The second-order valence-electron chi connectivity index (χ2n) is 5.61. The van der Waals surface area contributed by atoms with Crippen LogP contribution < -0.4 is 0 Å². The van der Waals surface area contributed by atoms with E-state index in [0.717, 1.165) is 31.5 Å². The number of hydrogen-bond acceptors (Lipinski definition) is 4. The maximum Gasteiger partial charge on any atom is 0.176 e. The van der Waals surface area contributed by atoms with E-state index in [0.29, 0.717) is 6.54 Å². The lowest BCUT2D eigenvalue weighted by molar-refractivity contribution is -0.00461. The smallest absolute Gasteiger partial charge is 0.176 e. The van der Waals surface area contributed by atoms with Gasteiger partial charge in [-0.3, -0.25) is 9.69 Å². The van der Waals surface area contributed by atoms with Gasteiger partial charge in [-0.25, -0.2) is 0 Å². The predicted octanol–water partition coefficient (Wildman–Crippen LogP) is 2.17. The molecule has 0 spiro atoms. The molecular formula is C17H25NO3. The highest BCUT2D eigenvalue weighted by Gasteiger charge is 2.33. The molecule has 2 unspecified atom stereocenters. The van der Waals surface area contributed by atoms with E-state index in [9.17, 15) is 4.79 Å². The summed E-state index contributed by atoms with van der Waals surface area (Å²) in [6.07, 6.45) is 2.29. The number of Topliss-reactive ketones (excluding diaryl/α,β-unsaturated/α-hetero) is 1. The third-order valence-electron chi connectivity index (χ3n) is 4.08. The molecule has 2 atom stereocenters. The first-order valence-electron chi connectivity index (χ1n) is 7.58. The fraction of sp³-hybridized carbons (Fsp3) is 0.588. The van der Waals surface area contributed by atoms with Gasteiger partial charge in [-0.05, 0) is 12.0 Å². The Kier molecular flexibility index (Phi) is 5.91. The fourth-order valence-electron chi connectivity index (χ4n) is 2.84. The number of ether oxygens (including phenoxy) is 2. The van der Waals surface area contributed by atoms with Crippen molar-refractivity contribution < 1.29 is 14.3 Å². The zero-order valence-electron chi connectivity index (χ0n) is 13.2. The summed E-state index contributed by atoms with van der Waals surface area (Å²) < 4.78 is 10.8. The molecule has 1 heterocycles. The minimum Gasteiger partial charge on any atom is -0.377 e. The van der Waals surface area contributed by atoms with Gasteiger partial charge in [0.1, 0.15) is 0 Å². The molecule has 1 fully saturated rings. The Labute approximate surface area is 127 Å². The van der Waals surface area contributed by atoms with E-state index in [-0.39, 0.29) is 18.0 Å². The first kappa shape index (κ1) is 16.1. The number of carbonyl (C=O) groups is 1. The molecule has 4 heteroatoms. The Balaban J connectivity index is 1.92. The highest BCUT2D eigenvalue weighted by atomic mass is 16.5. The molecule has 0 amide bonds. The molecule has 1 aliphatic heterocycles. The highest BCUT2D eigenvalue weighted by molar-refractivity contribution is 5.97. The second-order valence-corrected chi connectivity index (χ2v) is 5.61. The number of carbonyl (C=O) groups excluding carboxylic acids is 1. The van der Waals surface area contributed by atoms with Gasteiger partial charge in [-0.15, -0.1) is 0 Å². The molecule has 0 radical (unpaired) electrons. The summed E-state index contributed by atoms with van der Waals surface area (Å²) in [5.74, 6) is 0.157. The summed E-state index contributed by atoms with van der Waals surface area (Å²) in [7, 11) is 3.38. The van der Waals surface area contributed by atoms with Crippen molar-refractivity contribution in [3.05, 3.63) is 35.4 Å². The number of aryl methyl sites for hydroxylation is 1. The number of hydrogen-bond donors (Lipinski definition) is 0. The van der Waals surface area contributed by atoms with Crippen LogP contribution in [0.3, 0.4) is 0 Å². The number of nitrogens with zero attached hydrogens (tertiary/aromatic N) is 1. The molecule has 116 valence electrons.